The van der Waals surface area contributed by atoms with Gasteiger partial charge in [-0.15, -0.1) is 0 Å². The van der Waals surface area contributed by atoms with Gasteiger partial charge in [-0.3, -0.25) is 0 Å². The van der Waals surface area contributed by atoms with Gasteiger partial charge in [-0.25, -0.2) is 4.98 Å². The number of aromatic nitrogens is 2. The van der Waals surface area contributed by atoms with Crippen molar-refractivity contribution in [3.8, 4) is 11.6 Å². The van der Waals surface area contributed by atoms with Crippen molar-refractivity contribution >= 4 is 28.8 Å². The average molecular weight is 409 g/mol. The Labute approximate surface area is 164 Å². The number of benzene rings is 2. The van der Waals surface area contributed by atoms with Crippen LogP contribution in [0.4, 0.5) is 30.4 Å². The fourth-order valence-corrected chi connectivity index (χ4v) is 2.54. The third-order valence-electron chi connectivity index (χ3n) is 4.09. The number of nitrogen functional groups attached to an aromatic ring is 1. The summed E-state index contributed by atoms with van der Waals surface area (Å²) in [7, 11) is 0. The minimum Gasteiger partial charge on any atom is -0.437 e. The van der Waals surface area contributed by atoms with Crippen LogP contribution in [-0.4, -0.2) is 9.97 Å². The molecule has 1 heterocycles. The molecule has 0 radical (unpaired) electrons. The van der Waals surface area contributed by atoms with Crippen LogP contribution in [0, 0.1) is 13.8 Å². The molecule has 0 aliphatic heterocycles. The summed E-state index contributed by atoms with van der Waals surface area (Å²) in [6.45, 7) is 3.91. The van der Waals surface area contributed by atoms with Gasteiger partial charge in [-0.1, -0.05) is 17.7 Å². The molecular formula is C19H16ClF3N4O. The van der Waals surface area contributed by atoms with E-state index in [1.807, 2.05) is 26.0 Å². The maximum Gasteiger partial charge on any atom is 0.416 e. The molecule has 3 rings (SSSR count). The van der Waals surface area contributed by atoms with Gasteiger partial charge in [0.1, 0.15) is 17.8 Å². The maximum atomic E-state index is 12.9. The fraction of sp³-hybridized carbons (Fsp3) is 0.158. The Morgan fingerprint density at radius 1 is 1.04 bits per heavy atom. The highest BCUT2D eigenvalue weighted by Gasteiger charge is 2.31. The smallest absolute Gasteiger partial charge is 0.416 e. The molecule has 28 heavy (non-hydrogen) atoms. The Morgan fingerprint density at radius 2 is 1.79 bits per heavy atom. The Morgan fingerprint density at radius 3 is 2.46 bits per heavy atom. The molecule has 3 N–H and O–H groups in total. The van der Waals surface area contributed by atoms with Gasteiger partial charge in [0, 0.05) is 0 Å². The number of halogens is 4. The molecule has 5 nitrogen and oxygen atoms in total. The Kier molecular flexibility index (Phi) is 5.33. The van der Waals surface area contributed by atoms with E-state index in [1.54, 1.807) is 6.07 Å². The van der Waals surface area contributed by atoms with Gasteiger partial charge < -0.3 is 15.8 Å². The molecule has 0 fully saturated rings. The number of rotatable bonds is 4. The molecule has 0 spiro atoms. The number of hydrogen-bond acceptors (Lipinski definition) is 5. The predicted octanol–water partition coefficient (Wildman–Crippen LogP) is 5.88. The third-order valence-corrected chi connectivity index (χ3v) is 4.42. The van der Waals surface area contributed by atoms with Crippen LogP contribution in [0.2, 0.25) is 5.02 Å². The van der Waals surface area contributed by atoms with E-state index in [-0.39, 0.29) is 28.1 Å². The van der Waals surface area contributed by atoms with Crippen molar-refractivity contribution in [3.05, 3.63) is 64.4 Å². The van der Waals surface area contributed by atoms with E-state index >= 15 is 0 Å². The minimum absolute atomic E-state index is 0.0130. The Balaban J connectivity index is 1.90. The highest BCUT2D eigenvalue weighted by Crippen LogP contribution is 2.37. The molecule has 1 aromatic heterocycles. The summed E-state index contributed by atoms with van der Waals surface area (Å²) in [5.74, 6) is 0.676. The van der Waals surface area contributed by atoms with Crippen LogP contribution in [0.5, 0.6) is 11.6 Å². The number of aryl methyl sites for hydroxylation is 2. The lowest BCUT2D eigenvalue weighted by Crippen LogP contribution is -2.07. The monoisotopic (exact) mass is 408 g/mol. The van der Waals surface area contributed by atoms with Crippen LogP contribution in [-0.2, 0) is 6.18 Å². The van der Waals surface area contributed by atoms with Crippen LogP contribution < -0.4 is 15.8 Å². The zero-order chi connectivity index (χ0) is 20.5. The summed E-state index contributed by atoms with van der Waals surface area (Å²) in [4.78, 5) is 7.97. The average Bonchev–Trinajstić information content (AvgIpc) is 2.62. The highest BCUT2D eigenvalue weighted by molar-refractivity contribution is 6.33. The van der Waals surface area contributed by atoms with Crippen LogP contribution in [0.25, 0.3) is 0 Å². The number of ether oxygens (including phenoxy) is 1. The zero-order valence-corrected chi connectivity index (χ0v) is 15.7. The Bertz CT molecular complexity index is 1020. The molecule has 3 aromatic rings. The van der Waals surface area contributed by atoms with Gasteiger partial charge in [0.15, 0.2) is 5.82 Å². The van der Waals surface area contributed by atoms with Gasteiger partial charge in [0.25, 0.3) is 0 Å². The van der Waals surface area contributed by atoms with E-state index < -0.39 is 11.7 Å². The minimum atomic E-state index is -4.50. The SMILES string of the molecule is Cc1ccc(Oc2ncnc(Nc3cc(C(F)(F)F)ccc3Cl)c2N)cc1C. The van der Waals surface area contributed by atoms with Gasteiger partial charge in [-0.05, 0) is 55.3 Å². The van der Waals surface area contributed by atoms with Crippen molar-refractivity contribution in [3.63, 3.8) is 0 Å². The second kappa shape index (κ2) is 7.55. The summed E-state index contributed by atoms with van der Waals surface area (Å²) in [6.07, 6.45) is -3.31. The fourth-order valence-electron chi connectivity index (χ4n) is 2.37. The summed E-state index contributed by atoms with van der Waals surface area (Å²) in [5.41, 5.74) is 7.37. The van der Waals surface area contributed by atoms with Crippen molar-refractivity contribution in [2.24, 2.45) is 0 Å². The molecule has 0 saturated carbocycles. The lowest BCUT2D eigenvalue weighted by molar-refractivity contribution is -0.137. The van der Waals surface area contributed by atoms with Gasteiger partial charge in [-0.2, -0.15) is 18.2 Å². The van der Waals surface area contributed by atoms with Crippen LogP contribution in [0.15, 0.2) is 42.7 Å². The molecule has 146 valence electrons. The molecule has 0 amide bonds. The summed E-state index contributed by atoms with van der Waals surface area (Å²) in [6, 6.07) is 8.41. The molecule has 0 aliphatic carbocycles. The molecule has 2 aromatic carbocycles. The predicted molar refractivity (Wildman–Crippen MR) is 102 cm³/mol. The van der Waals surface area contributed by atoms with E-state index in [4.69, 9.17) is 22.1 Å². The quantitative estimate of drug-likeness (QED) is 0.563. The van der Waals surface area contributed by atoms with Gasteiger partial charge in [0.05, 0.1) is 16.3 Å². The summed E-state index contributed by atoms with van der Waals surface area (Å²) >= 11 is 6.01. The standard InChI is InChI=1S/C19H16ClF3N4O/c1-10-3-5-13(7-11(10)2)28-18-16(24)17(25-9-26-18)27-15-8-12(19(21,22)23)4-6-14(15)20/h3-9H,24H2,1-2H3,(H,25,26,27). The number of alkyl halides is 3. The van der Waals surface area contributed by atoms with Crippen LogP contribution >= 0.6 is 11.6 Å². The van der Waals surface area contributed by atoms with Gasteiger partial charge in [0.2, 0.25) is 5.88 Å². The highest BCUT2D eigenvalue weighted by atomic mass is 35.5. The lowest BCUT2D eigenvalue weighted by Gasteiger charge is -2.14. The van der Waals surface area contributed by atoms with Crippen molar-refractivity contribution in [1.82, 2.24) is 9.97 Å². The largest absolute Gasteiger partial charge is 0.437 e. The van der Waals surface area contributed by atoms with E-state index in [2.05, 4.69) is 15.3 Å². The second-order valence-corrected chi connectivity index (χ2v) is 6.51. The number of anilines is 3. The van der Waals surface area contributed by atoms with E-state index in [1.165, 1.54) is 6.33 Å². The lowest BCUT2D eigenvalue weighted by atomic mass is 10.1. The molecule has 0 saturated heterocycles. The summed E-state index contributed by atoms with van der Waals surface area (Å²) < 4.78 is 44.5. The first-order chi connectivity index (χ1) is 13.1. The number of nitrogens with zero attached hydrogens (tertiary/aromatic N) is 2. The van der Waals surface area contributed by atoms with Crippen LogP contribution in [0.1, 0.15) is 16.7 Å². The first kappa shape index (κ1) is 19.8. The molecule has 0 atom stereocenters. The molecule has 0 bridgehead atoms. The van der Waals surface area contributed by atoms with Crippen molar-refractivity contribution in [2.75, 3.05) is 11.1 Å². The molecule has 9 heteroatoms. The molecular weight excluding hydrogens is 393 g/mol. The number of nitrogens with two attached hydrogens (primary N) is 1. The molecule has 0 aliphatic rings. The topological polar surface area (TPSA) is 73.1 Å². The second-order valence-electron chi connectivity index (χ2n) is 6.11. The Hall–Kier alpha value is -3.00. The number of hydrogen-bond donors (Lipinski definition) is 2. The van der Waals surface area contributed by atoms with Crippen molar-refractivity contribution < 1.29 is 17.9 Å². The first-order valence-electron chi connectivity index (χ1n) is 8.14. The molecule has 0 unspecified atom stereocenters. The van der Waals surface area contributed by atoms with Gasteiger partial charge >= 0.3 is 6.18 Å². The first-order valence-corrected chi connectivity index (χ1v) is 8.52. The van der Waals surface area contributed by atoms with Crippen LogP contribution in [0.3, 0.4) is 0 Å². The van der Waals surface area contributed by atoms with E-state index in [9.17, 15) is 13.2 Å². The number of nitrogens with one attached hydrogen (secondary N) is 1. The van der Waals surface area contributed by atoms with E-state index in [0.29, 0.717) is 5.75 Å². The summed E-state index contributed by atoms with van der Waals surface area (Å²) in [5, 5.41) is 2.80. The normalized spacial score (nSPS) is 11.4. The van der Waals surface area contributed by atoms with E-state index in [0.717, 1.165) is 29.3 Å². The third kappa shape index (κ3) is 4.28. The zero-order valence-electron chi connectivity index (χ0n) is 14.9. The van der Waals surface area contributed by atoms with Crippen molar-refractivity contribution in [2.45, 2.75) is 20.0 Å². The maximum absolute atomic E-state index is 12.9. The van der Waals surface area contributed by atoms with Crippen molar-refractivity contribution in [1.29, 1.82) is 0 Å².